The Morgan fingerprint density at radius 2 is 2.08 bits per heavy atom. The molecule has 0 saturated heterocycles. The van der Waals surface area contributed by atoms with Gasteiger partial charge >= 0.3 is 0 Å². The molecule has 2 nitrogen and oxygen atoms in total. The smallest absolute Gasteiger partial charge is 0.169 e. The van der Waals surface area contributed by atoms with E-state index >= 15 is 0 Å². The summed E-state index contributed by atoms with van der Waals surface area (Å²) in [5.41, 5.74) is 5.94. The number of carbonyl (C=O) groups excluding carboxylic acids is 1. The van der Waals surface area contributed by atoms with E-state index in [4.69, 9.17) is 5.73 Å². The van der Waals surface area contributed by atoms with Gasteiger partial charge in [-0.15, -0.1) is 11.3 Å². The van der Waals surface area contributed by atoms with Crippen molar-refractivity contribution >= 4 is 22.1 Å². The van der Waals surface area contributed by atoms with E-state index in [1.165, 1.54) is 11.3 Å². The monoisotopic (exact) mass is 183 g/mol. The summed E-state index contributed by atoms with van der Waals surface area (Å²) < 4.78 is 0. The van der Waals surface area contributed by atoms with Gasteiger partial charge in [0.25, 0.3) is 0 Å². The molecule has 0 spiro atoms. The average Bonchev–Trinajstić information content (AvgIpc) is 2.32. The first kappa shape index (κ1) is 9.26. The number of carbonyl (C=O) groups is 1. The number of hydrogen-bond donors (Lipinski definition) is 1. The summed E-state index contributed by atoms with van der Waals surface area (Å²) in [6.45, 7) is 5.72. The summed E-state index contributed by atoms with van der Waals surface area (Å²) in [6.07, 6.45) is 0. The highest BCUT2D eigenvalue weighted by Gasteiger charge is 2.23. The molecule has 0 aliphatic rings. The molecule has 0 atom stereocenters. The fourth-order valence-corrected chi connectivity index (χ4v) is 1.54. The van der Waals surface area contributed by atoms with Gasteiger partial charge in [0.2, 0.25) is 0 Å². The van der Waals surface area contributed by atoms with E-state index in [0.29, 0.717) is 5.00 Å². The molecule has 0 aliphatic carbocycles. The van der Waals surface area contributed by atoms with Crippen LogP contribution < -0.4 is 5.73 Å². The third kappa shape index (κ3) is 1.85. The van der Waals surface area contributed by atoms with Gasteiger partial charge in [0.15, 0.2) is 5.78 Å². The van der Waals surface area contributed by atoms with Crippen LogP contribution in [-0.2, 0) is 0 Å². The minimum absolute atomic E-state index is 0.149. The zero-order chi connectivity index (χ0) is 9.35. The molecule has 0 unspecified atom stereocenters. The van der Waals surface area contributed by atoms with Gasteiger partial charge < -0.3 is 5.73 Å². The van der Waals surface area contributed by atoms with E-state index in [2.05, 4.69) is 0 Å². The number of ketones is 1. The molecule has 0 aromatic carbocycles. The lowest BCUT2D eigenvalue weighted by Crippen LogP contribution is -2.19. The Hall–Kier alpha value is -0.830. The molecule has 1 rings (SSSR count). The SMILES string of the molecule is CC(C)(C)C(=O)c1csc(N)c1. The molecule has 0 saturated carbocycles. The van der Waals surface area contributed by atoms with Crippen LogP contribution in [-0.4, -0.2) is 5.78 Å². The Morgan fingerprint density at radius 3 is 2.42 bits per heavy atom. The first-order valence-corrected chi connectivity index (χ1v) is 4.68. The minimum atomic E-state index is -0.312. The van der Waals surface area contributed by atoms with Crippen LogP contribution in [0.1, 0.15) is 31.1 Å². The van der Waals surface area contributed by atoms with Gasteiger partial charge in [-0.1, -0.05) is 20.8 Å². The first-order chi connectivity index (χ1) is 5.41. The number of anilines is 1. The van der Waals surface area contributed by atoms with E-state index < -0.39 is 0 Å². The van der Waals surface area contributed by atoms with Crippen molar-refractivity contribution in [3.63, 3.8) is 0 Å². The predicted molar refractivity (Wildman–Crippen MR) is 52.5 cm³/mol. The largest absolute Gasteiger partial charge is 0.391 e. The molecule has 3 heteroatoms. The second kappa shape index (κ2) is 2.90. The number of hydrogen-bond acceptors (Lipinski definition) is 3. The summed E-state index contributed by atoms with van der Waals surface area (Å²) >= 11 is 1.41. The van der Waals surface area contributed by atoms with Crippen LogP contribution in [0, 0.1) is 5.41 Å². The predicted octanol–water partition coefficient (Wildman–Crippen LogP) is 2.56. The van der Waals surface area contributed by atoms with Crippen molar-refractivity contribution in [2.24, 2.45) is 5.41 Å². The Balaban J connectivity index is 2.93. The molecule has 0 aliphatic heterocycles. The van der Waals surface area contributed by atoms with Crippen molar-refractivity contribution in [3.8, 4) is 0 Å². The Kier molecular flexibility index (Phi) is 2.24. The third-order valence-electron chi connectivity index (χ3n) is 1.56. The molecule has 0 bridgehead atoms. The van der Waals surface area contributed by atoms with E-state index in [-0.39, 0.29) is 11.2 Å². The highest BCUT2D eigenvalue weighted by Crippen LogP contribution is 2.25. The fraction of sp³-hybridized carbons (Fsp3) is 0.444. The lowest BCUT2D eigenvalue weighted by Gasteiger charge is -2.14. The van der Waals surface area contributed by atoms with Crippen LogP contribution in [0.15, 0.2) is 11.4 Å². The number of rotatable bonds is 1. The summed E-state index contributed by atoms with van der Waals surface area (Å²) in [4.78, 5) is 11.6. The van der Waals surface area contributed by atoms with Crippen LogP contribution in [0.4, 0.5) is 5.00 Å². The Bertz CT molecular complexity index is 296. The number of nitrogens with two attached hydrogens (primary N) is 1. The Labute approximate surface area is 76.4 Å². The number of nitrogen functional groups attached to an aromatic ring is 1. The van der Waals surface area contributed by atoms with E-state index in [1.54, 1.807) is 6.07 Å². The summed E-state index contributed by atoms with van der Waals surface area (Å²) in [7, 11) is 0. The standard InChI is InChI=1S/C9H13NOS/c1-9(2,3)8(11)6-4-7(10)12-5-6/h4-5H,10H2,1-3H3. The van der Waals surface area contributed by atoms with Gasteiger partial charge in [-0.3, -0.25) is 4.79 Å². The minimum Gasteiger partial charge on any atom is -0.391 e. The molecule has 0 amide bonds. The van der Waals surface area contributed by atoms with Gasteiger partial charge in [0.1, 0.15) is 0 Å². The third-order valence-corrected chi connectivity index (χ3v) is 2.32. The van der Waals surface area contributed by atoms with E-state index in [0.717, 1.165) is 5.56 Å². The second-order valence-electron chi connectivity index (χ2n) is 3.82. The zero-order valence-electron chi connectivity index (χ0n) is 7.55. The lowest BCUT2D eigenvalue weighted by atomic mass is 9.88. The van der Waals surface area contributed by atoms with Crippen LogP contribution >= 0.6 is 11.3 Å². The molecular formula is C9H13NOS. The number of thiophene rings is 1. The van der Waals surface area contributed by atoms with Crippen molar-refractivity contribution in [1.29, 1.82) is 0 Å². The van der Waals surface area contributed by atoms with Crippen LogP contribution in [0.3, 0.4) is 0 Å². The molecule has 66 valence electrons. The van der Waals surface area contributed by atoms with Crippen molar-refractivity contribution in [1.82, 2.24) is 0 Å². The maximum absolute atomic E-state index is 11.6. The maximum atomic E-state index is 11.6. The van der Waals surface area contributed by atoms with Gasteiger partial charge in [-0.25, -0.2) is 0 Å². The maximum Gasteiger partial charge on any atom is 0.169 e. The van der Waals surface area contributed by atoms with Crippen molar-refractivity contribution < 1.29 is 4.79 Å². The van der Waals surface area contributed by atoms with Crippen molar-refractivity contribution in [3.05, 3.63) is 17.0 Å². The topological polar surface area (TPSA) is 43.1 Å². The Morgan fingerprint density at radius 1 is 1.50 bits per heavy atom. The fourth-order valence-electron chi connectivity index (χ4n) is 0.905. The molecule has 1 aromatic rings. The van der Waals surface area contributed by atoms with Crippen LogP contribution in [0.2, 0.25) is 0 Å². The van der Waals surface area contributed by atoms with Crippen LogP contribution in [0.5, 0.6) is 0 Å². The zero-order valence-corrected chi connectivity index (χ0v) is 8.37. The lowest BCUT2D eigenvalue weighted by molar-refractivity contribution is 0.0859. The summed E-state index contributed by atoms with van der Waals surface area (Å²) in [5, 5.41) is 2.51. The summed E-state index contributed by atoms with van der Waals surface area (Å²) in [6, 6.07) is 1.73. The van der Waals surface area contributed by atoms with Crippen LogP contribution in [0.25, 0.3) is 0 Å². The van der Waals surface area contributed by atoms with E-state index in [9.17, 15) is 4.79 Å². The van der Waals surface area contributed by atoms with Crippen molar-refractivity contribution in [2.45, 2.75) is 20.8 Å². The van der Waals surface area contributed by atoms with Gasteiger partial charge in [0, 0.05) is 16.4 Å². The van der Waals surface area contributed by atoms with Crippen molar-refractivity contribution in [2.75, 3.05) is 5.73 Å². The normalized spacial score (nSPS) is 11.6. The molecule has 1 aromatic heterocycles. The molecule has 0 radical (unpaired) electrons. The molecule has 0 fully saturated rings. The van der Waals surface area contributed by atoms with Gasteiger partial charge in [0.05, 0.1) is 5.00 Å². The molecular weight excluding hydrogens is 170 g/mol. The number of Topliss-reactive ketones (excluding diaryl/α,β-unsaturated/α-hetero) is 1. The summed E-state index contributed by atoms with van der Waals surface area (Å²) in [5.74, 6) is 0.149. The van der Waals surface area contributed by atoms with E-state index in [1.807, 2.05) is 26.2 Å². The quantitative estimate of drug-likeness (QED) is 0.680. The second-order valence-corrected chi connectivity index (χ2v) is 4.76. The molecule has 2 N–H and O–H groups in total. The molecule has 12 heavy (non-hydrogen) atoms. The highest BCUT2D eigenvalue weighted by atomic mass is 32.1. The van der Waals surface area contributed by atoms with Gasteiger partial charge in [-0.2, -0.15) is 0 Å². The van der Waals surface area contributed by atoms with Gasteiger partial charge in [-0.05, 0) is 6.07 Å². The average molecular weight is 183 g/mol. The first-order valence-electron chi connectivity index (χ1n) is 3.80. The highest BCUT2D eigenvalue weighted by molar-refractivity contribution is 7.14. The molecule has 1 heterocycles.